The third-order valence-corrected chi connectivity index (χ3v) is 6.03. The van der Waals surface area contributed by atoms with Crippen LogP contribution >= 0.6 is 23.4 Å². The summed E-state index contributed by atoms with van der Waals surface area (Å²) in [7, 11) is 0. The maximum Gasteiger partial charge on any atom is 0.249 e. The molecule has 0 atom stereocenters. The molecule has 0 aliphatic rings. The van der Waals surface area contributed by atoms with E-state index in [1.807, 2.05) is 26.0 Å². The lowest BCUT2D eigenvalue weighted by Crippen LogP contribution is -2.37. The van der Waals surface area contributed by atoms with Gasteiger partial charge in [0, 0.05) is 6.04 Å². The van der Waals surface area contributed by atoms with Crippen molar-refractivity contribution in [3.63, 3.8) is 0 Å². The minimum Gasteiger partial charge on any atom is -0.419 e. The lowest BCUT2D eigenvalue weighted by atomic mass is 10.2. The summed E-state index contributed by atoms with van der Waals surface area (Å²) < 4.78 is 21.4. The highest BCUT2D eigenvalue weighted by Crippen LogP contribution is 2.27. The van der Waals surface area contributed by atoms with Crippen LogP contribution in [0.25, 0.3) is 17.1 Å². The zero-order valence-corrected chi connectivity index (χ0v) is 19.4. The minimum absolute atomic E-state index is 0.0802. The van der Waals surface area contributed by atoms with Gasteiger partial charge in [0.2, 0.25) is 17.7 Å². The Balaban J connectivity index is 1.45. The smallest absolute Gasteiger partial charge is 0.249 e. The zero-order valence-electron chi connectivity index (χ0n) is 17.9. The summed E-state index contributed by atoms with van der Waals surface area (Å²) in [5.74, 6) is 0.109. The second-order valence-electron chi connectivity index (χ2n) is 7.32. The van der Waals surface area contributed by atoms with Crippen LogP contribution in [0.15, 0.2) is 64.4 Å². The van der Waals surface area contributed by atoms with Gasteiger partial charge in [-0.05, 0) is 38.1 Å². The molecule has 0 aliphatic carbocycles. The number of aromatic nitrogens is 5. The van der Waals surface area contributed by atoms with Crippen molar-refractivity contribution in [2.24, 2.45) is 0 Å². The fourth-order valence-electron chi connectivity index (χ4n) is 3.11. The summed E-state index contributed by atoms with van der Waals surface area (Å²) in [5.41, 5.74) is 0.944. The Kier molecular flexibility index (Phi) is 7.05. The van der Waals surface area contributed by atoms with Crippen molar-refractivity contribution in [3.05, 3.63) is 71.6 Å². The molecule has 0 bridgehead atoms. The first kappa shape index (κ1) is 22.9. The normalized spacial score (nSPS) is 11.2. The number of rotatable bonds is 8. The van der Waals surface area contributed by atoms with E-state index < -0.39 is 5.82 Å². The van der Waals surface area contributed by atoms with Gasteiger partial charge >= 0.3 is 0 Å². The first-order chi connectivity index (χ1) is 15.9. The van der Waals surface area contributed by atoms with E-state index in [1.54, 1.807) is 35.2 Å². The first-order valence-corrected chi connectivity index (χ1v) is 11.4. The van der Waals surface area contributed by atoms with Gasteiger partial charge < -0.3 is 9.32 Å². The lowest BCUT2D eigenvalue weighted by molar-refractivity contribution is -0.131. The molecule has 0 radical (unpaired) electrons. The molecule has 4 aromatic rings. The Hall–Kier alpha value is -3.24. The maximum absolute atomic E-state index is 14.2. The molecule has 0 fully saturated rings. The van der Waals surface area contributed by atoms with Gasteiger partial charge in [-0.1, -0.05) is 47.6 Å². The van der Waals surface area contributed by atoms with E-state index in [0.717, 1.165) is 0 Å². The van der Waals surface area contributed by atoms with E-state index >= 15 is 0 Å². The summed E-state index contributed by atoms with van der Waals surface area (Å²) in [4.78, 5) is 14.6. The molecule has 33 heavy (non-hydrogen) atoms. The van der Waals surface area contributed by atoms with Crippen LogP contribution < -0.4 is 0 Å². The second-order valence-corrected chi connectivity index (χ2v) is 8.67. The molecule has 2 aromatic heterocycles. The van der Waals surface area contributed by atoms with Gasteiger partial charge in [0.1, 0.15) is 12.1 Å². The molecule has 8 nitrogen and oxygen atoms in total. The fourth-order valence-corrected chi connectivity index (χ4v) is 4.13. The highest BCUT2D eigenvalue weighted by Gasteiger charge is 2.22. The van der Waals surface area contributed by atoms with Crippen molar-refractivity contribution in [1.82, 2.24) is 29.9 Å². The van der Waals surface area contributed by atoms with Crippen molar-refractivity contribution < 1.29 is 13.6 Å². The van der Waals surface area contributed by atoms with Crippen LogP contribution in [0.5, 0.6) is 0 Å². The number of amides is 1. The Morgan fingerprint density at radius 3 is 2.67 bits per heavy atom. The number of para-hydroxylation sites is 1. The summed E-state index contributed by atoms with van der Waals surface area (Å²) >= 11 is 7.37. The highest BCUT2D eigenvalue weighted by molar-refractivity contribution is 7.99. The monoisotopic (exact) mass is 486 g/mol. The predicted octanol–water partition coefficient (Wildman–Crippen LogP) is 4.64. The number of benzene rings is 2. The average Bonchev–Trinajstić information content (AvgIpc) is 3.46. The van der Waals surface area contributed by atoms with Crippen LogP contribution in [0.4, 0.5) is 4.39 Å². The SMILES string of the molecule is CC(C)N(Cc1nnc(-c2ccccc2Cl)o1)C(=O)CSc1nncn1-c1ccccc1F. The summed E-state index contributed by atoms with van der Waals surface area (Å²) in [6.07, 6.45) is 1.42. The van der Waals surface area contributed by atoms with E-state index in [-0.39, 0.29) is 24.2 Å². The average molecular weight is 487 g/mol. The number of hydrogen-bond donors (Lipinski definition) is 0. The third kappa shape index (κ3) is 5.23. The van der Waals surface area contributed by atoms with Crippen molar-refractivity contribution in [3.8, 4) is 17.1 Å². The molecule has 0 saturated heterocycles. The standard InChI is InChI=1S/C22H20ClFN6O2S/c1-14(2)29(11-19-26-27-21(32-19)15-7-3-4-8-16(15)23)20(31)12-33-22-28-25-13-30(22)18-10-6-5-9-17(18)24/h3-10,13-14H,11-12H2,1-2H3. The van der Waals surface area contributed by atoms with Gasteiger partial charge in [-0.3, -0.25) is 9.36 Å². The number of hydrogen-bond acceptors (Lipinski definition) is 7. The Labute approximate surface area is 198 Å². The van der Waals surface area contributed by atoms with Crippen molar-refractivity contribution in [2.75, 3.05) is 5.75 Å². The fraction of sp³-hybridized carbons (Fsp3) is 0.227. The molecule has 170 valence electrons. The minimum atomic E-state index is -0.403. The van der Waals surface area contributed by atoms with E-state index in [2.05, 4.69) is 20.4 Å². The topological polar surface area (TPSA) is 89.9 Å². The third-order valence-electron chi connectivity index (χ3n) is 4.77. The predicted molar refractivity (Wildman–Crippen MR) is 122 cm³/mol. The molecule has 0 N–H and O–H groups in total. The summed E-state index contributed by atoms with van der Waals surface area (Å²) in [5, 5.41) is 16.9. The molecule has 0 spiro atoms. The quantitative estimate of drug-likeness (QED) is 0.335. The van der Waals surface area contributed by atoms with Crippen molar-refractivity contribution in [2.45, 2.75) is 31.6 Å². The Morgan fingerprint density at radius 1 is 1.15 bits per heavy atom. The number of thioether (sulfide) groups is 1. The molecule has 0 unspecified atom stereocenters. The molecular formula is C22H20ClFN6O2S. The number of carbonyl (C=O) groups is 1. The van der Waals surface area contributed by atoms with Crippen molar-refractivity contribution >= 4 is 29.3 Å². The largest absolute Gasteiger partial charge is 0.419 e. The molecule has 0 aliphatic heterocycles. The van der Waals surface area contributed by atoms with Crippen LogP contribution in [-0.2, 0) is 11.3 Å². The van der Waals surface area contributed by atoms with Crippen LogP contribution in [-0.4, -0.2) is 47.6 Å². The molecule has 2 aromatic carbocycles. The summed E-state index contributed by atoms with van der Waals surface area (Å²) in [6.45, 7) is 3.94. The maximum atomic E-state index is 14.2. The number of nitrogens with zero attached hydrogens (tertiary/aromatic N) is 6. The molecule has 4 rings (SSSR count). The van der Waals surface area contributed by atoms with Crippen LogP contribution in [0.3, 0.4) is 0 Å². The highest BCUT2D eigenvalue weighted by atomic mass is 35.5. The van der Waals surface area contributed by atoms with E-state index in [0.29, 0.717) is 33.2 Å². The van der Waals surface area contributed by atoms with Gasteiger partial charge in [-0.15, -0.1) is 20.4 Å². The van der Waals surface area contributed by atoms with Gasteiger partial charge in [0.05, 0.1) is 28.6 Å². The Morgan fingerprint density at radius 2 is 1.91 bits per heavy atom. The van der Waals surface area contributed by atoms with Gasteiger partial charge in [0.15, 0.2) is 5.16 Å². The Bertz CT molecular complexity index is 1260. The van der Waals surface area contributed by atoms with E-state index in [9.17, 15) is 9.18 Å². The molecule has 0 saturated carbocycles. The number of carbonyl (C=O) groups excluding carboxylic acids is 1. The van der Waals surface area contributed by atoms with Crippen molar-refractivity contribution in [1.29, 1.82) is 0 Å². The lowest BCUT2D eigenvalue weighted by Gasteiger charge is -2.25. The molecule has 11 heteroatoms. The second kappa shape index (κ2) is 10.1. The molecule has 1 amide bonds. The van der Waals surface area contributed by atoms with Gasteiger partial charge in [-0.2, -0.15) is 0 Å². The summed E-state index contributed by atoms with van der Waals surface area (Å²) in [6, 6.07) is 13.4. The van der Waals surface area contributed by atoms with Gasteiger partial charge in [0.25, 0.3) is 0 Å². The van der Waals surface area contributed by atoms with Crippen LogP contribution in [0.2, 0.25) is 5.02 Å². The van der Waals surface area contributed by atoms with Gasteiger partial charge in [-0.25, -0.2) is 4.39 Å². The van der Waals surface area contributed by atoms with E-state index in [1.165, 1.54) is 28.7 Å². The first-order valence-electron chi connectivity index (χ1n) is 10.1. The number of halogens is 2. The molecular weight excluding hydrogens is 467 g/mol. The zero-order chi connectivity index (χ0) is 23.4. The van der Waals surface area contributed by atoms with Crippen LogP contribution in [0.1, 0.15) is 19.7 Å². The van der Waals surface area contributed by atoms with E-state index in [4.69, 9.17) is 16.0 Å². The van der Waals surface area contributed by atoms with Crippen LogP contribution in [0, 0.1) is 5.82 Å². The molecule has 2 heterocycles.